The van der Waals surface area contributed by atoms with E-state index in [0.29, 0.717) is 12.0 Å². The second-order valence-corrected chi connectivity index (χ2v) is 5.19. The SMILES string of the molecule is C[C@H]1CNCC[C@H]1N(C)c1ccc(OC(F)(F)F)cc1. The van der Waals surface area contributed by atoms with Gasteiger partial charge in [-0.25, -0.2) is 0 Å². The van der Waals surface area contributed by atoms with Crippen LogP contribution in [0.25, 0.3) is 0 Å². The minimum absolute atomic E-state index is 0.187. The number of nitrogens with one attached hydrogen (secondary N) is 1. The zero-order chi connectivity index (χ0) is 14.8. The summed E-state index contributed by atoms with van der Waals surface area (Å²) in [6, 6.07) is 6.42. The molecule has 1 heterocycles. The second kappa shape index (κ2) is 5.91. The van der Waals surface area contributed by atoms with Crippen LogP contribution in [0, 0.1) is 5.92 Å². The summed E-state index contributed by atoms with van der Waals surface area (Å²) < 4.78 is 40.2. The Labute approximate surface area is 116 Å². The zero-order valence-corrected chi connectivity index (χ0v) is 11.6. The molecule has 1 aromatic rings. The molecule has 1 fully saturated rings. The molecular weight excluding hydrogens is 269 g/mol. The highest BCUT2D eigenvalue weighted by molar-refractivity contribution is 5.49. The highest BCUT2D eigenvalue weighted by atomic mass is 19.4. The van der Waals surface area contributed by atoms with Crippen molar-refractivity contribution in [1.82, 2.24) is 5.32 Å². The molecule has 0 radical (unpaired) electrons. The lowest BCUT2D eigenvalue weighted by Gasteiger charge is -2.38. The highest BCUT2D eigenvalue weighted by Crippen LogP contribution is 2.27. The molecule has 1 saturated heterocycles. The molecule has 0 unspecified atom stereocenters. The van der Waals surface area contributed by atoms with E-state index >= 15 is 0 Å². The Morgan fingerprint density at radius 3 is 2.45 bits per heavy atom. The molecule has 1 aliphatic rings. The summed E-state index contributed by atoms with van der Waals surface area (Å²) in [6.45, 7) is 4.10. The van der Waals surface area contributed by atoms with Crippen molar-refractivity contribution in [3.05, 3.63) is 24.3 Å². The van der Waals surface area contributed by atoms with E-state index in [1.165, 1.54) is 12.1 Å². The third-order valence-corrected chi connectivity index (χ3v) is 3.72. The maximum absolute atomic E-state index is 12.1. The van der Waals surface area contributed by atoms with Crippen LogP contribution in [0.4, 0.5) is 18.9 Å². The predicted molar refractivity (Wildman–Crippen MR) is 72.0 cm³/mol. The fourth-order valence-corrected chi connectivity index (χ4v) is 2.65. The van der Waals surface area contributed by atoms with E-state index < -0.39 is 6.36 Å². The van der Waals surface area contributed by atoms with Gasteiger partial charge in [-0.2, -0.15) is 0 Å². The van der Waals surface area contributed by atoms with Crippen molar-refractivity contribution in [2.75, 3.05) is 25.0 Å². The van der Waals surface area contributed by atoms with Crippen LogP contribution < -0.4 is 15.0 Å². The van der Waals surface area contributed by atoms with Gasteiger partial charge in [-0.3, -0.25) is 0 Å². The monoisotopic (exact) mass is 288 g/mol. The molecule has 3 nitrogen and oxygen atoms in total. The Bertz CT molecular complexity index is 433. The average molecular weight is 288 g/mol. The first kappa shape index (κ1) is 15.0. The minimum Gasteiger partial charge on any atom is -0.406 e. The molecule has 0 aromatic heterocycles. The van der Waals surface area contributed by atoms with Crippen molar-refractivity contribution in [3.8, 4) is 5.75 Å². The maximum Gasteiger partial charge on any atom is 0.573 e. The minimum atomic E-state index is -4.64. The quantitative estimate of drug-likeness (QED) is 0.925. The zero-order valence-electron chi connectivity index (χ0n) is 11.6. The van der Waals surface area contributed by atoms with Crippen molar-refractivity contribution in [3.63, 3.8) is 0 Å². The van der Waals surface area contributed by atoms with Crippen molar-refractivity contribution in [2.24, 2.45) is 5.92 Å². The molecule has 20 heavy (non-hydrogen) atoms. The summed E-state index contributed by atoms with van der Waals surface area (Å²) in [5.74, 6) is 0.313. The third-order valence-electron chi connectivity index (χ3n) is 3.72. The van der Waals surface area contributed by atoms with E-state index in [1.54, 1.807) is 12.1 Å². The van der Waals surface area contributed by atoms with Crippen LogP contribution in [0.15, 0.2) is 24.3 Å². The molecule has 2 rings (SSSR count). The van der Waals surface area contributed by atoms with Crippen LogP contribution in [0.2, 0.25) is 0 Å². The smallest absolute Gasteiger partial charge is 0.406 e. The number of ether oxygens (including phenoxy) is 1. The van der Waals surface area contributed by atoms with Gasteiger partial charge in [0.15, 0.2) is 0 Å². The summed E-state index contributed by atoms with van der Waals surface area (Å²) in [7, 11) is 1.98. The van der Waals surface area contributed by atoms with E-state index in [0.717, 1.165) is 25.2 Å². The molecular formula is C14H19F3N2O. The van der Waals surface area contributed by atoms with E-state index in [-0.39, 0.29) is 5.75 Å². The lowest BCUT2D eigenvalue weighted by Crippen LogP contribution is -2.47. The Morgan fingerprint density at radius 1 is 1.25 bits per heavy atom. The van der Waals surface area contributed by atoms with E-state index in [4.69, 9.17) is 0 Å². The molecule has 1 aromatic carbocycles. The normalized spacial score (nSPS) is 23.4. The number of halogens is 3. The molecule has 0 spiro atoms. The van der Waals surface area contributed by atoms with Crippen molar-refractivity contribution in [2.45, 2.75) is 25.7 Å². The number of rotatable bonds is 3. The van der Waals surface area contributed by atoms with Gasteiger partial charge in [-0.05, 0) is 49.7 Å². The molecule has 0 bridgehead atoms. The van der Waals surface area contributed by atoms with Gasteiger partial charge in [0.2, 0.25) is 0 Å². The van der Waals surface area contributed by atoms with Crippen LogP contribution in [0.1, 0.15) is 13.3 Å². The summed E-state index contributed by atoms with van der Waals surface area (Å²) >= 11 is 0. The van der Waals surface area contributed by atoms with Gasteiger partial charge < -0.3 is 15.0 Å². The topological polar surface area (TPSA) is 24.5 Å². The summed E-state index contributed by atoms with van der Waals surface area (Å²) in [6.07, 6.45) is -3.62. The number of piperidine rings is 1. The largest absolute Gasteiger partial charge is 0.573 e. The van der Waals surface area contributed by atoms with Gasteiger partial charge in [0.25, 0.3) is 0 Å². The Balaban J connectivity index is 2.05. The summed E-state index contributed by atoms with van der Waals surface area (Å²) in [5, 5.41) is 3.33. The van der Waals surface area contributed by atoms with Gasteiger partial charge >= 0.3 is 6.36 Å². The van der Waals surface area contributed by atoms with Gasteiger partial charge in [0, 0.05) is 18.8 Å². The first-order chi connectivity index (χ1) is 9.37. The standard InChI is InChI=1S/C14H19F3N2O/c1-10-9-18-8-7-13(10)19(2)11-3-5-12(6-4-11)20-14(15,16)17/h3-6,10,13,18H,7-9H2,1-2H3/t10-,13+/m0/s1. The van der Waals surface area contributed by atoms with Crippen LogP contribution in [0.5, 0.6) is 5.75 Å². The fourth-order valence-electron chi connectivity index (χ4n) is 2.65. The van der Waals surface area contributed by atoms with E-state index in [9.17, 15) is 13.2 Å². The summed E-state index contributed by atoms with van der Waals surface area (Å²) in [4.78, 5) is 2.13. The van der Waals surface area contributed by atoms with Crippen molar-refractivity contribution < 1.29 is 17.9 Å². The molecule has 0 aliphatic carbocycles. The first-order valence-electron chi connectivity index (χ1n) is 6.66. The Morgan fingerprint density at radius 2 is 1.90 bits per heavy atom. The van der Waals surface area contributed by atoms with E-state index in [1.807, 2.05) is 7.05 Å². The Hall–Kier alpha value is -1.43. The maximum atomic E-state index is 12.1. The molecule has 1 aliphatic heterocycles. The van der Waals surface area contributed by atoms with Crippen LogP contribution >= 0.6 is 0 Å². The van der Waals surface area contributed by atoms with Crippen molar-refractivity contribution >= 4 is 5.69 Å². The summed E-state index contributed by atoms with van der Waals surface area (Å²) in [5.41, 5.74) is 0.901. The van der Waals surface area contributed by atoms with Crippen LogP contribution in [-0.4, -0.2) is 32.5 Å². The second-order valence-electron chi connectivity index (χ2n) is 5.19. The third kappa shape index (κ3) is 3.79. The van der Waals surface area contributed by atoms with Crippen molar-refractivity contribution in [1.29, 1.82) is 0 Å². The van der Waals surface area contributed by atoms with E-state index in [2.05, 4.69) is 21.9 Å². The molecule has 0 saturated carbocycles. The number of anilines is 1. The molecule has 112 valence electrons. The predicted octanol–water partition coefficient (Wildman–Crippen LogP) is 3.02. The number of nitrogens with zero attached hydrogens (tertiary/aromatic N) is 1. The van der Waals surface area contributed by atoms with Crippen LogP contribution in [0.3, 0.4) is 0 Å². The number of hydrogen-bond acceptors (Lipinski definition) is 3. The molecule has 6 heteroatoms. The van der Waals surface area contributed by atoms with Gasteiger partial charge in [-0.15, -0.1) is 13.2 Å². The number of hydrogen-bond donors (Lipinski definition) is 1. The molecule has 1 N–H and O–H groups in total. The van der Waals surface area contributed by atoms with Gasteiger partial charge in [0.05, 0.1) is 0 Å². The average Bonchev–Trinajstić information content (AvgIpc) is 2.37. The number of benzene rings is 1. The highest BCUT2D eigenvalue weighted by Gasteiger charge is 2.31. The lowest BCUT2D eigenvalue weighted by atomic mass is 9.93. The Kier molecular flexibility index (Phi) is 4.42. The van der Waals surface area contributed by atoms with Gasteiger partial charge in [-0.1, -0.05) is 6.92 Å². The molecule has 2 atom stereocenters. The molecule has 0 amide bonds. The lowest BCUT2D eigenvalue weighted by molar-refractivity contribution is -0.274. The first-order valence-corrected chi connectivity index (χ1v) is 6.66. The fraction of sp³-hybridized carbons (Fsp3) is 0.571. The van der Waals surface area contributed by atoms with Gasteiger partial charge in [0.1, 0.15) is 5.75 Å². The van der Waals surface area contributed by atoms with Crippen LogP contribution in [-0.2, 0) is 0 Å². The number of alkyl halides is 3.